The van der Waals surface area contributed by atoms with Gasteiger partial charge in [-0.05, 0) is 30.7 Å². The maximum absolute atomic E-state index is 11.3. The van der Waals surface area contributed by atoms with Crippen LogP contribution in [0.15, 0.2) is 24.3 Å². The number of hydrogen-bond donors (Lipinski definition) is 2. The third kappa shape index (κ3) is 6.04. The van der Waals surface area contributed by atoms with Gasteiger partial charge in [-0.1, -0.05) is 44.4 Å². The molecule has 0 radical (unpaired) electrons. The number of carbonyl (C=O) groups is 2. The lowest BCUT2D eigenvalue weighted by atomic mass is 9.73. The molecule has 0 atom stereocenters. The van der Waals surface area contributed by atoms with Crippen LogP contribution in [-0.2, 0) is 16.1 Å². The van der Waals surface area contributed by atoms with E-state index in [1.54, 1.807) is 7.11 Å². The summed E-state index contributed by atoms with van der Waals surface area (Å²) in [6.07, 6.45) is 8.82. The molecular weight excluding hydrogens is 328 g/mol. The molecule has 1 aliphatic carbocycles. The zero-order valence-electron chi connectivity index (χ0n) is 16.1. The van der Waals surface area contributed by atoms with Crippen LogP contribution >= 0.6 is 0 Å². The van der Waals surface area contributed by atoms with Gasteiger partial charge in [0, 0.05) is 31.5 Å². The standard InChI is InChI=1S/C12H17NO2.C9H15NO/c1-3-6-12(14)13-9-10-7-4-5-8-11(10)15-2;11-8-6-9(7-10-8)4-2-1-3-5-9/h4-5,7-8H,3,6,9H2,1-2H3,(H,13,14);1-7H2,(H,10,11). The molecule has 1 saturated carbocycles. The molecule has 1 aromatic rings. The van der Waals surface area contributed by atoms with Gasteiger partial charge in [-0.3, -0.25) is 9.59 Å². The van der Waals surface area contributed by atoms with Crippen molar-refractivity contribution >= 4 is 11.8 Å². The zero-order chi connectivity index (χ0) is 18.8. The molecule has 1 aromatic carbocycles. The first-order valence-corrected chi connectivity index (χ1v) is 9.74. The number of para-hydroxylation sites is 1. The summed E-state index contributed by atoms with van der Waals surface area (Å²) < 4.78 is 5.19. The Balaban J connectivity index is 0.000000195. The first-order chi connectivity index (χ1) is 12.6. The summed E-state index contributed by atoms with van der Waals surface area (Å²) in [5.41, 5.74) is 1.39. The number of methoxy groups -OCH3 is 1. The number of ether oxygens (including phenoxy) is 1. The van der Waals surface area contributed by atoms with E-state index in [1.165, 1.54) is 32.1 Å². The van der Waals surface area contributed by atoms with Crippen LogP contribution in [0.3, 0.4) is 0 Å². The average molecular weight is 360 g/mol. The second kappa shape index (κ2) is 10.2. The summed E-state index contributed by atoms with van der Waals surface area (Å²) in [7, 11) is 1.63. The predicted octanol–water partition coefficient (Wildman–Crippen LogP) is 3.57. The minimum Gasteiger partial charge on any atom is -0.496 e. The minimum absolute atomic E-state index is 0.0865. The molecule has 0 aromatic heterocycles. The molecule has 1 aliphatic heterocycles. The summed E-state index contributed by atoms with van der Waals surface area (Å²) in [5, 5.41) is 5.80. The van der Waals surface area contributed by atoms with Crippen LogP contribution in [-0.4, -0.2) is 25.5 Å². The average Bonchev–Trinajstić information content (AvgIpc) is 3.01. The molecule has 144 valence electrons. The number of benzene rings is 1. The van der Waals surface area contributed by atoms with E-state index in [0.717, 1.165) is 30.7 Å². The van der Waals surface area contributed by atoms with Crippen molar-refractivity contribution in [1.82, 2.24) is 10.6 Å². The summed E-state index contributed by atoms with van der Waals surface area (Å²) >= 11 is 0. The molecule has 1 spiro atoms. The van der Waals surface area contributed by atoms with Crippen LogP contribution in [0.4, 0.5) is 0 Å². The summed E-state index contributed by atoms with van der Waals surface area (Å²) in [5.74, 6) is 1.17. The monoisotopic (exact) mass is 360 g/mol. The van der Waals surface area contributed by atoms with E-state index in [4.69, 9.17) is 4.74 Å². The molecule has 26 heavy (non-hydrogen) atoms. The van der Waals surface area contributed by atoms with Crippen molar-refractivity contribution in [3.63, 3.8) is 0 Å². The van der Waals surface area contributed by atoms with Crippen LogP contribution in [0, 0.1) is 5.41 Å². The van der Waals surface area contributed by atoms with Gasteiger partial charge in [-0.25, -0.2) is 0 Å². The molecule has 2 amide bonds. The molecule has 3 rings (SSSR count). The van der Waals surface area contributed by atoms with Gasteiger partial charge in [0.1, 0.15) is 5.75 Å². The predicted molar refractivity (Wildman–Crippen MR) is 103 cm³/mol. The van der Waals surface area contributed by atoms with Crippen LogP contribution in [0.2, 0.25) is 0 Å². The van der Waals surface area contributed by atoms with E-state index in [0.29, 0.717) is 18.4 Å². The highest BCUT2D eigenvalue weighted by atomic mass is 16.5. The third-order valence-electron chi connectivity index (χ3n) is 5.26. The van der Waals surface area contributed by atoms with E-state index in [9.17, 15) is 9.59 Å². The largest absolute Gasteiger partial charge is 0.496 e. The second-order valence-electron chi connectivity index (χ2n) is 7.35. The molecule has 1 heterocycles. The van der Waals surface area contributed by atoms with E-state index >= 15 is 0 Å². The molecule has 5 heteroatoms. The van der Waals surface area contributed by atoms with Crippen LogP contribution in [0.5, 0.6) is 5.75 Å². The lowest BCUT2D eigenvalue weighted by Gasteiger charge is -2.31. The van der Waals surface area contributed by atoms with E-state index in [2.05, 4.69) is 10.6 Å². The number of carbonyl (C=O) groups excluding carboxylic acids is 2. The number of nitrogens with one attached hydrogen (secondary N) is 2. The molecule has 5 nitrogen and oxygen atoms in total. The maximum Gasteiger partial charge on any atom is 0.220 e. The first-order valence-electron chi connectivity index (χ1n) is 9.74. The highest BCUT2D eigenvalue weighted by molar-refractivity contribution is 5.79. The maximum atomic E-state index is 11.3. The van der Waals surface area contributed by atoms with Gasteiger partial charge in [-0.2, -0.15) is 0 Å². The smallest absolute Gasteiger partial charge is 0.220 e. The summed E-state index contributed by atoms with van der Waals surface area (Å²) in [4.78, 5) is 22.3. The van der Waals surface area contributed by atoms with Crippen LogP contribution in [0.25, 0.3) is 0 Å². The Labute approximate surface area is 156 Å². The summed E-state index contributed by atoms with van der Waals surface area (Å²) in [6.45, 7) is 3.47. The minimum atomic E-state index is 0.0865. The summed E-state index contributed by atoms with van der Waals surface area (Å²) in [6, 6.07) is 7.69. The van der Waals surface area contributed by atoms with Gasteiger partial charge in [0.15, 0.2) is 0 Å². The van der Waals surface area contributed by atoms with Crippen molar-refractivity contribution < 1.29 is 14.3 Å². The Morgan fingerprint density at radius 1 is 1.23 bits per heavy atom. The fraction of sp³-hybridized carbons (Fsp3) is 0.619. The van der Waals surface area contributed by atoms with Crippen molar-refractivity contribution in [1.29, 1.82) is 0 Å². The Kier molecular flexibility index (Phi) is 7.95. The quantitative estimate of drug-likeness (QED) is 0.843. The molecule has 0 unspecified atom stereocenters. The second-order valence-corrected chi connectivity index (χ2v) is 7.35. The molecular formula is C21H32N2O3. The Bertz CT molecular complexity index is 595. The molecule has 2 aliphatic rings. The number of rotatable bonds is 5. The zero-order valence-corrected chi connectivity index (χ0v) is 16.1. The van der Waals surface area contributed by atoms with Crippen molar-refractivity contribution in [2.45, 2.75) is 64.8 Å². The Morgan fingerprint density at radius 3 is 2.58 bits per heavy atom. The van der Waals surface area contributed by atoms with E-state index in [1.807, 2.05) is 31.2 Å². The van der Waals surface area contributed by atoms with Gasteiger partial charge >= 0.3 is 0 Å². The van der Waals surface area contributed by atoms with Gasteiger partial charge in [0.05, 0.1) is 7.11 Å². The highest BCUT2D eigenvalue weighted by Crippen LogP contribution is 2.41. The van der Waals surface area contributed by atoms with Crippen LogP contribution < -0.4 is 15.4 Å². The van der Waals surface area contributed by atoms with E-state index in [-0.39, 0.29) is 11.8 Å². The number of hydrogen-bond acceptors (Lipinski definition) is 3. The SMILES string of the molecule is CCCC(=O)NCc1ccccc1OC.O=C1CC2(CCCCC2)CN1. The Morgan fingerprint density at radius 2 is 1.96 bits per heavy atom. The molecule has 0 bridgehead atoms. The van der Waals surface area contributed by atoms with Crippen molar-refractivity contribution in [3.8, 4) is 5.75 Å². The van der Waals surface area contributed by atoms with Crippen molar-refractivity contribution in [3.05, 3.63) is 29.8 Å². The van der Waals surface area contributed by atoms with Crippen molar-refractivity contribution in [2.75, 3.05) is 13.7 Å². The molecule has 2 N–H and O–H groups in total. The van der Waals surface area contributed by atoms with Crippen molar-refractivity contribution in [2.24, 2.45) is 5.41 Å². The van der Waals surface area contributed by atoms with Gasteiger partial charge < -0.3 is 15.4 Å². The fourth-order valence-corrected chi connectivity index (χ4v) is 3.77. The van der Waals surface area contributed by atoms with Gasteiger partial charge in [0.2, 0.25) is 11.8 Å². The number of amides is 2. The topological polar surface area (TPSA) is 67.4 Å². The van der Waals surface area contributed by atoms with Gasteiger partial charge in [0.25, 0.3) is 0 Å². The first kappa shape index (κ1) is 20.3. The molecule has 1 saturated heterocycles. The molecule has 2 fully saturated rings. The van der Waals surface area contributed by atoms with Crippen LogP contribution in [0.1, 0.15) is 63.9 Å². The normalized spacial score (nSPS) is 17.8. The highest BCUT2D eigenvalue weighted by Gasteiger charge is 2.38. The third-order valence-corrected chi connectivity index (χ3v) is 5.26. The fourth-order valence-electron chi connectivity index (χ4n) is 3.77. The lowest BCUT2D eigenvalue weighted by Crippen LogP contribution is -2.26. The Hall–Kier alpha value is -2.04. The van der Waals surface area contributed by atoms with E-state index < -0.39 is 0 Å². The lowest BCUT2D eigenvalue weighted by molar-refractivity contribution is -0.121. The van der Waals surface area contributed by atoms with Gasteiger partial charge in [-0.15, -0.1) is 0 Å².